The molecule has 0 aliphatic carbocycles. The van der Waals surface area contributed by atoms with Gasteiger partial charge in [0.25, 0.3) is 0 Å². The Bertz CT molecular complexity index is 468. The fourth-order valence-electron chi connectivity index (χ4n) is 1.67. The Kier molecular flexibility index (Phi) is 4.64. The third-order valence-corrected chi connectivity index (χ3v) is 3.42. The zero-order valence-electron chi connectivity index (χ0n) is 9.73. The van der Waals surface area contributed by atoms with Crippen molar-refractivity contribution in [2.75, 3.05) is 26.3 Å². The van der Waals surface area contributed by atoms with E-state index in [-0.39, 0.29) is 5.91 Å². The summed E-state index contributed by atoms with van der Waals surface area (Å²) in [6, 6.07) is 5.26. The summed E-state index contributed by atoms with van der Waals surface area (Å²) in [4.78, 5) is 13.6. The van der Waals surface area contributed by atoms with Gasteiger partial charge in [0, 0.05) is 19.2 Å². The molecule has 0 atom stereocenters. The molecule has 1 heterocycles. The van der Waals surface area contributed by atoms with Gasteiger partial charge >= 0.3 is 0 Å². The zero-order chi connectivity index (χ0) is 13.0. The molecule has 1 amide bonds. The fourth-order valence-corrected chi connectivity index (χ4v) is 1.98. The average Bonchev–Trinajstić information content (AvgIpc) is 2.41. The van der Waals surface area contributed by atoms with Crippen LogP contribution in [0.3, 0.4) is 0 Å². The Balaban J connectivity index is 2.01. The van der Waals surface area contributed by atoms with Crippen LogP contribution in [-0.2, 0) is 9.53 Å². The Morgan fingerprint density at radius 3 is 2.61 bits per heavy atom. The predicted octanol–water partition coefficient (Wildman–Crippen LogP) is 2.87. The summed E-state index contributed by atoms with van der Waals surface area (Å²) in [6.45, 7) is 2.49. The van der Waals surface area contributed by atoms with E-state index in [1.165, 1.54) is 0 Å². The SMILES string of the molecule is O=C(/C=C/c1ccc(Cl)c(Cl)c1)N1CCOCC1. The lowest BCUT2D eigenvalue weighted by atomic mass is 10.2. The largest absolute Gasteiger partial charge is 0.378 e. The molecule has 5 heteroatoms. The average molecular weight is 286 g/mol. The lowest BCUT2D eigenvalue weighted by molar-refractivity contribution is -0.129. The smallest absolute Gasteiger partial charge is 0.246 e. The van der Waals surface area contributed by atoms with Gasteiger partial charge in [-0.2, -0.15) is 0 Å². The van der Waals surface area contributed by atoms with Gasteiger partial charge in [0.1, 0.15) is 0 Å². The number of nitrogens with zero attached hydrogens (tertiary/aromatic N) is 1. The quantitative estimate of drug-likeness (QED) is 0.782. The van der Waals surface area contributed by atoms with E-state index in [4.69, 9.17) is 27.9 Å². The maximum Gasteiger partial charge on any atom is 0.246 e. The molecule has 0 N–H and O–H groups in total. The van der Waals surface area contributed by atoms with E-state index < -0.39 is 0 Å². The number of ether oxygens (including phenoxy) is 1. The van der Waals surface area contributed by atoms with E-state index >= 15 is 0 Å². The van der Waals surface area contributed by atoms with Crippen molar-refractivity contribution in [1.82, 2.24) is 4.90 Å². The summed E-state index contributed by atoms with van der Waals surface area (Å²) >= 11 is 11.7. The standard InChI is InChI=1S/C13H13Cl2NO2/c14-11-3-1-10(9-12(11)15)2-4-13(17)16-5-7-18-8-6-16/h1-4,9H,5-8H2/b4-2+. The molecule has 0 unspecified atom stereocenters. The molecule has 18 heavy (non-hydrogen) atoms. The van der Waals surface area contributed by atoms with Crippen molar-refractivity contribution in [3.05, 3.63) is 39.9 Å². The van der Waals surface area contributed by atoms with E-state index in [9.17, 15) is 4.79 Å². The number of halogens is 2. The van der Waals surface area contributed by atoms with Gasteiger partial charge < -0.3 is 9.64 Å². The molecular formula is C13H13Cl2NO2. The summed E-state index contributed by atoms with van der Waals surface area (Å²) in [5.74, 6) is -0.00984. The Hall–Kier alpha value is -1.03. The Morgan fingerprint density at radius 2 is 1.94 bits per heavy atom. The second-order valence-electron chi connectivity index (χ2n) is 3.94. The van der Waals surface area contributed by atoms with Crippen molar-refractivity contribution in [1.29, 1.82) is 0 Å². The molecule has 1 aliphatic rings. The van der Waals surface area contributed by atoms with Crippen molar-refractivity contribution in [3.63, 3.8) is 0 Å². The highest BCUT2D eigenvalue weighted by molar-refractivity contribution is 6.42. The highest BCUT2D eigenvalue weighted by Crippen LogP contribution is 2.23. The van der Waals surface area contributed by atoms with E-state index in [1.54, 1.807) is 29.2 Å². The second kappa shape index (κ2) is 6.23. The topological polar surface area (TPSA) is 29.5 Å². The summed E-state index contributed by atoms with van der Waals surface area (Å²) in [7, 11) is 0. The fraction of sp³-hybridized carbons (Fsp3) is 0.308. The molecule has 1 aliphatic heterocycles. The number of amides is 1. The zero-order valence-corrected chi connectivity index (χ0v) is 11.2. The molecule has 1 aromatic carbocycles. The van der Waals surface area contributed by atoms with Crippen LogP contribution in [0.1, 0.15) is 5.56 Å². The van der Waals surface area contributed by atoms with Gasteiger partial charge in [-0.05, 0) is 23.8 Å². The van der Waals surface area contributed by atoms with E-state index in [1.807, 2.05) is 6.07 Å². The minimum Gasteiger partial charge on any atom is -0.378 e. The van der Waals surface area contributed by atoms with Crippen molar-refractivity contribution >= 4 is 35.2 Å². The molecule has 2 rings (SSSR count). The van der Waals surface area contributed by atoms with Gasteiger partial charge in [0.05, 0.1) is 23.3 Å². The minimum absolute atomic E-state index is 0.00984. The highest BCUT2D eigenvalue weighted by Gasteiger charge is 2.13. The normalized spacial score (nSPS) is 16.2. The first kappa shape index (κ1) is 13.4. The molecule has 0 spiro atoms. The first-order valence-electron chi connectivity index (χ1n) is 5.66. The maximum atomic E-state index is 11.8. The lowest BCUT2D eigenvalue weighted by Gasteiger charge is -2.25. The number of rotatable bonds is 2. The summed E-state index contributed by atoms with van der Waals surface area (Å²) in [5.41, 5.74) is 0.853. The number of carbonyl (C=O) groups excluding carboxylic acids is 1. The summed E-state index contributed by atoms with van der Waals surface area (Å²) < 4.78 is 5.19. The Labute approximate surface area is 116 Å². The molecule has 0 aromatic heterocycles. The number of hydrogen-bond acceptors (Lipinski definition) is 2. The first-order chi connectivity index (χ1) is 8.66. The second-order valence-corrected chi connectivity index (χ2v) is 4.76. The number of morpholine rings is 1. The van der Waals surface area contributed by atoms with Crippen LogP contribution in [0, 0.1) is 0 Å². The van der Waals surface area contributed by atoms with Gasteiger partial charge in [-0.15, -0.1) is 0 Å². The van der Waals surface area contributed by atoms with Gasteiger partial charge in [-0.25, -0.2) is 0 Å². The van der Waals surface area contributed by atoms with Gasteiger partial charge in [-0.3, -0.25) is 4.79 Å². The lowest BCUT2D eigenvalue weighted by Crippen LogP contribution is -2.39. The van der Waals surface area contributed by atoms with Crippen LogP contribution < -0.4 is 0 Å². The molecule has 1 saturated heterocycles. The molecule has 0 bridgehead atoms. The van der Waals surface area contributed by atoms with Gasteiger partial charge in [0.2, 0.25) is 5.91 Å². The Morgan fingerprint density at radius 1 is 1.22 bits per heavy atom. The third kappa shape index (κ3) is 3.48. The van der Waals surface area contributed by atoms with Crippen LogP contribution in [-0.4, -0.2) is 37.1 Å². The minimum atomic E-state index is -0.00984. The first-order valence-corrected chi connectivity index (χ1v) is 6.42. The maximum absolute atomic E-state index is 11.8. The van der Waals surface area contributed by atoms with E-state index in [0.29, 0.717) is 36.3 Å². The molecule has 3 nitrogen and oxygen atoms in total. The van der Waals surface area contributed by atoms with Crippen molar-refractivity contribution in [2.24, 2.45) is 0 Å². The molecule has 0 radical (unpaired) electrons. The number of hydrogen-bond donors (Lipinski definition) is 0. The van der Waals surface area contributed by atoms with Gasteiger partial charge in [-0.1, -0.05) is 29.3 Å². The van der Waals surface area contributed by atoms with Gasteiger partial charge in [0.15, 0.2) is 0 Å². The highest BCUT2D eigenvalue weighted by atomic mass is 35.5. The number of carbonyl (C=O) groups is 1. The molecule has 0 saturated carbocycles. The molecule has 1 aromatic rings. The summed E-state index contributed by atoms with van der Waals surface area (Å²) in [5, 5.41) is 0.992. The van der Waals surface area contributed by atoms with Crippen LogP contribution in [0.5, 0.6) is 0 Å². The van der Waals surface area contributed by atoms with Crippen LogP contribution >= 0.6 is 23.2 Å². The van der Waals surface area contributed by atoms with Crippen molar-refractivity contribution in [2.45, 2.75) is 0 Å². The molecular weight excluding hydrogens is 273 g/mol. The van der Waals surface area contributed by atoms with Crippen LogP contribution in [0.15, 0.2) is 24.3 Å². The van der Waals surface area contributed by atoms with Crippen LogP contribution in [0.2, 0.25) is 10.0 Å². The molecule has 96 valence electrons. The number of benzene rings is 1. The van der Waals surface area contributed by atoms with E-state index in [0.717, 1.165) is 5.56 Å². The third-order valence-electron chi connectivity index (χ3n) is 2.68. The summed E-state index contributed by atoms with van der Waals surface area (Å²) in [6.07, 6.45) is 3.28. The van der Waals surface area contributed by atoms with Crippen molar-refractivity contribution < 1.29 is 9.53 Å². The van der Waals surface area contributed by atoms with Crippen molar-refractivity contribution in [3.8, 4) is 0 Å². The van der Waals surface area contributed by atoms with E-state index in [2.05, 4.69) is 0 Å². The van der Waals surface area contributed by atoms with Crippen LogP contribution in [0.4, 0.5) is 0 Å². The monoisotopic (exact) mass is 285 g/mol. The van der Waals surface area contributed by atoms with Crippen LogP contribution in [0.25, 0.3) is 6.08 Å². The molecule has 1 fully saturated rings. The predicted molar refractivity (Wildman–Crippen MR) is 72.9 cm³/mol.